The minimum Gasteiger partial charge on any atom is -0.370 e. The van der Waals surface area contributed by atoms with Crippen LogP contribution in [0.1, 0.15) is 74.6 Å². The Kier molecular flexibility index (Phi) is 6.78. The van der Waals surface area contributed by atoms with Crippen LogP contribution in [-0.2, 0) is 12.8 Å². The van der Waals surface area contributed by atoms with Crippen molar-refractivity contribution >= 4 is 5.82 Å². The number of unbranched alkanes of at least 4 members (excludes halogenated alkanes) is 3. The second kappa shape index (κ2) is 9.50. The first-order chi connectivity index (χ1) is 12.4. The van der Waals surface area contributed by atoms with E-state index < -0.39 is 0 Å². The fraction of sp³-hybridized carbons (Fsp3) is 0.571. The smallest absolute Gasteiger partial charge is 0.129 e. The summed E-state index contributed by atoms with van der Waals surface area (Å²) in [5, 5.41) is 3.43. The Bertz CT molecular complexity index is 642. The molecule has 0 bridgehead atoms. The minimum absolute atomic E-state index is 0.606. The normalized spacial score (nSPS) is 14.6. The van der Waals surface area contributed by atoms with Crippen LogP contribution in [0.5, 0.6) is 0 Å². The van der Waals surface area contributed by atoms with Gasteiger partial charge in [0.2, 0.25) is 0 Å². The summed E-state index contributed by atoms with van der Waals surface area (Å²) in [7, 11) is 0. The third-order valence-electron chi connectivity index (χ3n) is 5.23. The molecule has 2 aromatic heterocycles. The molecule has 1 atom stereocenters. The predicted octanol–water partition coefficient (Wildman–Crippen LogP) is 4.92. The number of fused-ring (bicyclic) bond motifs is 1. The van der Waals surface area contributed by atoms with Gasteiger partial charge in [0.25, 0.3) is 0 Å². The van der Waals surface area contributed by atoms with E-state index in [2.05, 4.69) is 34.3 Å². The summed E-state index contributed by atoms with van der Waals surface area (Å²) in [6.45, 7) is 3.32. The Morgan fingerprint density at radius 2 is 1.92 bits per heavy atom. The number of pyridine rings is 1. The van der Waals surface area contributed by atoms with Gasteiger partial charge in [-0.25, -0.2) is 15.0 Å². The molecule has 4 nitrogen and oxygen atoms in total. The number of nitrogens with one attached hydrogen (secondary N) is 1. The fourth-order valence-corrected chi connectivity index (χ4v) is 3.69. The van der Waals surface area contributed by atoms with Gasteiger partial charge in [-0.2, -0.15) is 0 Å². The molecular formula is C21H30N4. The van der Waals surface area contributed by atoms with Gasteiger partial charge < -0.3 is 5.32 Å². The number of hydrogen-bond acceptors (Lipinski definition) is 4. The van der Waals surface area contributed by atoms with E-state index in [1.807, 2.05) is 12.4 Å². The highest BCUT2D eigenvalue weighted by Crippen LogP contribution is 2.25. The summed E-state index contributed by atoms with van der Waals surface area (Å²) in [5.74, 6) is 1.73. The first kappa shape index (κ1) is 17.8. The third-order valence-corrected chi connectivity index (χ3v) is 5.23. The molecule has 1 aliphatic rings. The Balaban J connectivity index is 1.35. The number of hydrogen-bond donors (Lipinski definition) is 1. The summed E-state index contributed by atoms with van der Waals surface area (Å²) < 4.78 is 0. The average molecular weight is 338 g/mol. The van der Waals surface area contributed by atoms with E-state index in [0.29, 0.717) is 5.92 Å². The Labute approximate surface area is 151 Å². The topological polar surface area (TPSA) is 50.7 Å². The number of nitrogens with zero attached hydrogens (tertiary/aromatic N) is 3. The van der Waals surface area contributed by atoms with Crippen LogP contribution < -0.4 is 5.32 Å². The van der Waals surface area contributed by atoms with E-state index in [9.17, 15) is 0 Å². The molecule has 0 saturated carbocycles. The van der Waals surface area contributed by atoms with Crippen LogP contribution >= 0.6 is 0 Å². The molecule has 4 heteroatoms. The van der Waals surface area contributed by atoms with E-state index in [1.165, 1.54) is 68.2 Å². The molecule has 0 fully saturated rings. The van der Waals surface area contributed by atoms with Crippen LogP contribution in [0.4, 0.5) is 5.82 Å². The monoisotopic (exact) mass is 338 g/mol. The van der Waals surface area contributed by atoms with Gasteiger partial charge in [0.05, 0.1) is 0 Å². The van der Waals surface area contributed by atoms with Gasteiger partial charge in [0.1, 0.15) is 12.1 Å². The van der Waals surface area contributed by atoms with Crippen molar-refractivity contribution in [2.75, 3.05) is 11.9 Å². The van der Waals surface area contributed by atoms with Crippen molar-refractivity contribution < 1.29 is 0 Å². The van der Waals surface area contributed by atoms with Gasteiger partial charge in [-0.3, -0.25) is 0 Å². The third kappa shape index (κ3) is 5.25. The largest absolute Gasteiger partial charge is 0.370 e. The quantitative estimate of drug-likeness (QED) is 0.660. The summed E-state index contributed by atoms with van der Waals surface area (Å²) in [6, 6.07) is 4.48. The number of aromatic nitrogens is 3. The molecule has 3 heterocycles. The lowest BCUT2D eigenvalue weighted by Crippen LogP contribution is -2.13. The van der Waals surface area contributed by atoms with Gasteiger partial charge in [-0.1, -0.05) is 32.3 Å². The van der Waals surface area contributed by atoms with Gasteiger partial charge in [-0.15, -0.1) is 0 Å². The standard InChI is InChI=1S/C21H30N4/c1-2-17(19-14-22-16-23-15-19)8-5-3-4-6-10-20-12-11-18-9-7-13-24-21(18)25-20/h11-12,14-17H,2-10,13H2,1H3,(H,24,25)/t17-/m1/s1. The molecule has 0 aliphatic carbocycles. The van der Waals surface area contributed by atoms with Crippen LogP contribution in [0, 0.1) is 0 Å². The second-order valence-electron chi connectivity index (χ2n) is 7.07. The second-order valence-corrected chi connectivity index (χ2v) is 7.07. The highest BCUT2D eigenvalue weighted by molar-refractivity contribution is 5.46. The molecule has 1 aliphatic heterocycles. The fourth-order valence-electron chi connectivity index (χ4n) is 3.69. The summed E-state index contributed by atoms with van der Waals surface area (Å²) in [5.41, 5.74) is 3.90. The summed E-state index contributed by atoms with van der Waals surface area (Å²) >= 11 is 0. The van der Waals surface area contributed by atoms with Crippen molar-refractivity contribution in [2.24, 2.45) is 0 Å². The lowest BCUT2D eigenvalue weighted by molar-refractivity contribution is 0.534. The van der Waals surface area contributed by atoms with E-state index >= 15 is 0 Å². The number of anilines is 1. The average Bonchev–Trinajstić information content (AvgIpc) is 2.68. The minimum atomic E-state index is 0.606. The van der Waals surface area contributed by atoms with Crippen LogP contribution in [0.25, 0.3) is 0 Å². The Hall–Kier alpha value is -1.97. The number of rotatable bonds is 9. The van der Waals surface area contributed by atoms with E-state index in [1.54, 1.807) is 6.33 Å². The highest BCUT2D eigenvalue weighted by Gasteiger charge is 2.11. The molecule has 0 radical (unpaired) electrons. The molecule has 134 valence electrons. The number of aryl methyl sites for hydroxylation is 2. The van der Waals surface area contributed by atoms with E-state index in [-0.39, 0.29) is 0 Å². The highest BCUT2D eigenvalue weighted by atomic mass is 15.0. The maximum Gasteiger partial charge on any atom is 0.129 e. The van der Waals surface area contributed by atoms with Crippen molar-refractivity contribution in [1.29, 1.82) is 0 Å². The first-order valence-corrected chi connectivity index (χ1v) is 9.84. The lowest BCUT2D eigenvalue weighted by Gasteiger charge is -2.17. The maximum atomic E-state index is 4.79. The summed E-state index contributed by atoms with van der Waals surface area (Å²) in [4.78, 5) is 13.1. The van der Waals surface area contributed by atoms with Gasteiger partial charge in [0, 0.05) is 24.6 Å². The van der Waals surface area contributed by atoms with Crippen LogP contribution in [0.3, 0.4) is 0 Å². The zero-order valence-electron chi connectivity index (χ0n) is 15.4. The first-order valence-electron chi connectivity index (χ1n) is 9.84. The molecule has 0 spiro atoms. The van der Waals surface area contributed by atoms with Crippen molar-refractivity contribution in [3.8, 4) is 0 Å². The molecule has 0 unspecified atom stereocenters. The molecule has 0 amide bonds. The molecule has 0 saturated heterocycles. The van der Waals surface area contributed by atoms with E-state index in [0.717, 1.165) is 18.8 Å². The molecule has 2 aromatic rings. The molecule has 3 rings (SSSR count). The Morgan fingerprint density at radius 3 is 2.76 bits per heavy atom. The molecule has 0 aromatic carbocycles. The van der Waals surface area contributed by atoms with Crippen molar-refractivity contribution in [2.45, 2.75) is 70.6 Å². The SMILES string of the molecule is CC[C@H](CCCCCCc1ccc2c(n1)NCCC2)c1cncnc1. The predicted molar refractivity (Wildman–Crippen MR) is 103 cm³/mol. The van der Waals surface area contributed by atoms with E-state index in [4.69, 9.17) is 4.98 Å². The van der Waals surface area contributed by atoms with Crippen molar-refractivity contribution in [1.82, 2.24) is 15.0 Å². The van der Waals surface area contributed by atoms with Gasteiger partial charge >= 0.3 is 0 Å². The van der Waals surface area contributed by atoms with Crippen LogP contribution in [0.15, 0.2) is 30.9 Å². The maximum absolute atomic E-state index is 4.79. The zero-order valence-corrected chi connectivity index (χ0v) is 15.4. The van der Waals surface area contributed by atoms with Gasteiger partial charge in [0.15, 0.2) is 0 Å². The lowest BCUT2D eigenvalue weighted by atomic mass is 9.92. The van der Waals surface area contributed by atoms with Crippen molar-refractivity contribution in [3.63, 3.8) is 0 Å². The van der Waals surface area contributed by atoms with Gasteiger partial charge in [-0.05, 0) is 61.6 Å². The molecule has 25 heavy (non-hydrogen) atoms. The Morgan fingerprint density at radius 1 is 1.08 bits per heavy atom. The molecular weight excluding hydrogens is 308 g/mol. The van der Waals surface area contributed by atoms with Crippen LogP contribution in [-0.4, -0.2) is 21.5 Å². The van der Waals surface area contributed by atoms with Crippen LogP contribution in [0.2, 0.25) is 0 Å². The molecule has 1 N–H and O–H groups in total. The zero-order chi connectivity index (χ0) is 17.3. The summed E-state index contributed by atoms with van der Waals surface area (Å²) in [6.07, 6.45) is 16.5. The van der Waals surface area contributed by atoms with Crippen molar-refractivity contribution in [3.05, 3.63) is 47.7 Å².